The number of ether oxygens (including phenoxy) is 2. The van der Waals surface area contributed by atoms with E-state index in [1.54, 1.807) is 0 Å². The number of carbonyl (C=O) groups excluding carboxylic acids is 1. The highest BCUT2D eigenvalue weighted by atomic mass is 35.5. The van der Waals surface area contributed by atoms with E-state index in [1.165, 1.54) is 18.2 Å². The zero-order chi connectivity index (χ0) is 22.2. The van der Waals surface area contributed by atoms with Gasteiger partial charge in [0.15, 0.2) is 17.9 Å². The van der Waals surface area contributed by atoms with Crippen molar-refractivity contribution in [2.75, 3.05) is 6.61 Å². The molecule has 0 fully saturated rings. The Bertz CT molecular complexity index is 1150. The first-order valence-electron chi connectivity index (χ1n) is 10.1. The highest BCUT2D eigenvalue weighted by molar-refractivity contribution is 6.34. The fourth-order valence-corrected chi connectivity index (χ4v) is 4.25. The van der Waals surface area contributed by atoms with Crippen LogP contribution in [0.1, 0.15) is 41.8 Å². The predicted octanol–water partition coefficient (Wildman–Crippen LogP) is 6.74. The van der Waals surface area contributed by atoms with Gasteiger partial charge in [0.1, 0.15) is 17.2 Å². The minimum atomic E-state index is -0.788. The van der Waals surface area contributed by atoms with Crippen molar-refractivity contribution >= 4 is 17.9 Å². The lowest BCUT2D eigenvalue weighted by Gasteiger charge is -2.24. The lowest BCUT2D eigenvalue weighted by molar-refractivity contribution is 0.112. The first-order chi connectivity index (χ1) is 14.9. The van der Waals surface area contributed by atoms with Gasteiger partial charge in [0.25, 0.3) is 0 Å². The van der Waals surface area contributed by atoms with Gasteiger partial charge in [-0.25, -0.2) is 8.78 Å². The highest BCUT2D eigenvalue weighted by Crippen LogP contribution is 2.50. The molecule has 0 aromatic heterocycles. The smallest absolute Gasteiger partial charge is 0.173 e. The normalized spacial score (nSPS) is 17.2. The van der Waals surface area contributed by atoms with Crippen LogP contribution >= 0.6 is 11.6 Å². The molecule has 4 rings (SSSR count). The lowest BCUT2D eigenvalue weighted by atomic mass is 9.87. The van der Waals surface area contributed by atoms with Crippen molar-refractivity contribution in [1.82, 2.24) is 0 Å². The maximum absolute atomic E-state index is 15.5. The summed E-state index contributed by atoms with van der Waals surface area (Å²) >= 11 is 6.35. The number of benzene rings is 3. The molecule has 0 aliphatic carbocycles. The second-order valence-electron chi connectivity index (χ2n) is 7.71. The Morgan fingerprint density at radius 3 is 2.58 bits per heavy atom. The van der Waals surface area contributed by atoms with E-state index in [9.17, 15) is 9.18 Å². The van der Waals surface area contributed by atoms with Gasteiger partial charge >= 0.3 is 0 Å². The lowest BCUT2D eigenvalue weighted by Crippen LogP contribution is -2.26. The third-order valence-corrected chi connectivity index (χ3v) is 5.87. The Hall–Kier alpha value is -2.92. The second kappa shape index (κ2) is 8.31. The Morgan fingerprint density at radius 1 is 1.16 bits per heavy atom. The summed E-state index contributed by atoms with van der Waals surface area (Å²) < 4.78 is 41.9. The molecule has 0 amide bonds. The summed E-state index contributed by atoms with van der Waals surface area (Å²) in [6.45, 7) is 4.09. The summed E-state index contributed by atoms with van der Waals surface area (Å²) in [6.07, 6.45) is 1.55. The standard InChI is InChI=1S/C25H21ClF2O3/c1-3-11-30-19-10-9-15(14-29)21(24(19)28)22-17-13-25(2,16-7-5-4-6-8-16)31-20(17)12-18(27)23(22)26/h4-10,12,14H,3,11,13H2,1-2H3/t25-/m0/s1. The highest BCUT2D eigenvalue weighted by Gasteiger charge is 2.40. The summed E-state index contributed by atoms with van der Waals surface area (Å²) in [4.78, 5) is 11.7. The van der Waals surface area contributed by atoms with E-state index in [-0.39, 0.29) is 33.2 Å². The van der Waals surface area contributed by atoms with Crippen LogP contribution in [0.5, 0.6) is 11.5 Å². The van der Waals surface area contributed by atoms with Crippen molar-refractivity contribution in [1.29, 1.82) is 0 Å². The van der Waals surface area contributed by atoms with E-state index in [0.29, 0.717) is 31.3 Å². The van der Waals surface area contributed by atoms with Gasteiger partial charge in [-0.3, -0.25) is 4.79 Å². The molecule has 0 saturated heterocycles. The van der Waals surface area contributed by atoms with Crippen molar-refractivity contribution < 1.29 is 23.0 Å². The molecular formula is C25H21ClF2O3. The first-order valence-corrected chi connectivity index (χ1v) is 10.4. The second-order valence-corrected chi connectivity index (χ2v) is 8.09. The zero-order valence-electron chi connectivity index (χ0n) is 17.2. The molecule has 0 unspecified atom stereocenters. The molecule has 0 bridgehead atoms. The van der Waals surface area contributed by atoms with Gasteiger partial charge in [-0.05, 0) is 31.0 Å². The summed E-state index contributed by atoms with van der Waals surface area (Å²) in [5.74, 6) is -1.23. The minimum Gasteiger partial charge on any atom is -0.491 e. The fraction of sp³-hybridized carbons (Fsp3) is 0.240. The van der Waals surface area contributed by atoms with Gasteiger partial charge in [-0.1, -0.05) is 48.9 Å². The monoisotopic (exact) mass is 442 g/mol. The number of carbonyl (C=O) groups is 1. The van der Waals surface area contributed by atoms with Gasteiger partial charge in [0.2, 0.25) is 0 Å². The number of aldehydes is 1. The van der Waals surface area contributed by atoms with Gasteiger partial charge in [-0.2, -0.15) is 0 Å². The van der Waals surface area contributed by atoms with Crippen LogP contribution in [0.4, 0.5) is 8.78 Å². The molecule has 6 heteroatoms. The molecule has 0 radical (unpaired) electrons. The van der Waals surface area contributed by atoms with Crippen LogP contribution < -0.4 is 9.47 Å². The largest absolute Gasteiger partial charge is 0.491 e. The number of hydrogen-bond acceptors (Lipinski definition) is 3. The average molecular weight is 443 g/mol. The zero-order valence-corrected chi connectivity index (χ0v) is 17.9. The third-order valence-electron chi connectivity index (χ3n) is 5.50. The fourth-order valence-electron chi connectivity index (χ4n) is 3.98. The van der Waals surface area contributed by atoms with E-state index in [2.05, 4.69) is 0 Å². The molecule has 3 aromatic carbocycles. The van der Waals surface area contributed by atoms with Crippen molar-refractivity contribution in [3.05, 3.63) is 81.9 Å². The van der Waals surface area contributed by atoms with E-state index >= 15 is 4.39 Å². The Kier molecular flexibility index (Phi) is 5.71. The molecule has 0 N–H and O–H groups in total. The number of hydrogen-bond donors (Lipinski definition) is 0. The van der Waals surface area contributed by atoms with Crippen LogP contribution in [0.25, 0.3) is 11.1 Å². The van der Waals surface area contributed by atoms with Crippen LogP contribution in [-0.2, 0) is 12.0 Å². The summed E-state index contributed by atoms with van der Waals surface area (Å²) in [7, 11) is 0. The van der Waals surface area contributed by atoms with E-state index in [0.717, 1.165) is 5.56 Å². The average Bonchev–Trinajstić information content (AvgIpc) is 3.11. The summed E-state index contributed by atoms with van der Waals surface area (Å²) in [5, 5.41) is -0.255. The van der Waals surface area contributed by atoms with Crippen molar-refractivity contribution in [3.63, 3.8) is 0 Å². The van der Waals surface area contributed by atoms with Crippen LogP contribution in [0.2, 0.25) is 5.02 Å². The Morgan fingerprint density at radius 2 is 1.90 bits per heavy atom. The van der Waals surface area contributed by atoms with E-state index < -0.39 is 17.2 Å². The van der Waals surface area contributed by atoms with Gasteiger partial charge in [0.05, 0.1) is 11.6 Å². The molecule has 3 aromatic rings. The Balaban J connectivity index is 1.93. The SMILES string of the molecule is CCCOc1ccc(C=O)c(-c2c(Cl)c(F)cc3c2C[C@@](C)(c2ccccc2)O3)c1F. The molecule has 3 nitrogen and oxygen atoms in total. The van der Waals surface area contributed by atoms with E-state index in [4.69, 9.17) is 21.1 Å². The van der Waals surface area contributed by atoms with Crippen molar-refractivity contribution in [2.45, 2.75) is 32.3 Å². The predicted molar refractivity (Wildman–Crippen MR) is 116 cm³/mol. The maximum atomic E-state index is 15.5. The van der Waals surface area contributed by atoms with Crippen LogP contribution in [-0.4, -0.2) is 12.9 Å². The number of rotatable bonds is 6. The Labute approximate surface area is 184 Å². The molecule has 1 aliphatic heterocycles. The van der Waals surface area contributed by atoms with E-state index in [1.807, 2.05) is 44.2 Å². The van der Waals surface area contributed by atoms with Crippen LogP contribution in [0, 0.1) is 11.6 Å². The van der Waals surface area contributed by atoms with Crippen molar-refractivity contribution in [3.8, 4) is 22.6 Å². The molecule has 1 heterocycles. The number of halogens is 3. The molecule has 1 atom stereocenters. The third kappa shape index (κ3) is 3.68. The maximum Gasteiger partial charge on any atom is 0.173 e. The molecule has 160 valence electrons. The molecular weight excluding hydrogens is 422 g/mol. The van der Waals surface area contributed by atoms with Crippen LogP contribution in [0.15, 0.2) is 48.5 Å². The molecule has 1 aliphatic rings. The quantitative estimate of drug-likeness (QED) is 0.397. The molecule has 0 saturated carbocycles. The summed E-state index contributed by atoms with van der Waals surface area (Å²) in [5.41, 5.74) is 0.758. The number of fused-ring (bicyclic) bond motifs is 1. The van der Waals surface area contributed by atoms with Gasteiger partial charge < -0.3 is 9.47 Å². The molecule has 0 spiro atoms. The minimum absolute atomic E-state index is 0.0127. The van der Waals surface area contributed by atoms with Crippen LogP contribution in [0.3, 0.4) is 0 Å². The van der Waals surface area contributed by atoms with Gasteiger partial charge in [0, 0.05) is 34.7 Å². The van der Waals surface area contributed by atoms with Gasteiger partial charge in [-0.15, -0.1) is 0 Å². The summed E-state index contributed by atoms with van der Waals surface area (Å²) in [6, 6.07) is 13.6. The first kappa shape index (κ1) is 21.3. The molecule has 31 heavy (non-hydrogen) atoms. The van der Waals surface area contributed by atoms with Crippen molar-refractivity contribution in [2.24, 2.45) is 0 Å². The topological polar surface area (TPSA) is 35.5 Å².